The molecule has 0 fully saturated rings. The molecule has 1 N–H and O–H groups in total. The molecule has 2 atom stereocenters. The molecule has 0 unspecified atom stereocenters. The molecule has 0 bridgehead atoms. The molecule has 9 heteroatoms. The van der Waals surface area contributed by atoms with E-state index in [1.807, 2.05) is 46.8 Å². The molecule has 0 saturated carbocycles. The minimum absolute atomic E-state index is 0.0587. The van der Waals surface area contributed by atoms with Gasteiger partial charge in [0.15, 0.2) is 0 Å². The molecule has 192 valence electrons. The van der Waals surface area contributed by atoms with Gasteiger partial charge in [0.05, 0.1) is 11.9 Å². The minimum Gasteiger partial charge on any atom is -0.352 e. The smallest absolute Gasteiger partial charge is 0.244 e. The topological polar surface area (TPSA) is 86.8 Å². The van der Waals surface area contributed by atoms with Crippen LogP contribution in [0.2, 0.25) is 5.02 Å². The van der Waals surface area contributed by atoms with Crippen LogP contribution >= 0.6 is 11.6 Å². The van der Waals surface area contributed by atoms with Crippen molar-refractivity contribution in [1.29, 1.82) is 0 Å². The molecule has 35 heavy (non-hydrogen) atoms. The molecule has 2 aromatic rings. The van der Waals surface area contributed by atoms with E-state index in [0.29, 0.717) is 22.7 Å². The molecule has 0 heterocycles. The van der Waals surface area contributed by atoms with Gasteiger partial charge in [0.25, 0.3) is 0 Å². The number of benzene rings is 2. The molecule has 2 rings (SSSR count). The number of carbonyl (C=O) groups is 2. The van der Waals surface area contributed by atoms with Crippen molar-refractivity contribution in [1.82, 2.24) is 10.2 Å². The van der Waals surface area contributed by atoms with Crippen LogP contribution in [0.15, 0.2) is 42.5 Å². The number of hydrogen-bond acceptors (Lipinski definition) is 4. The first kappa shape index (κ1) is 28.7. The number of halogens is 1. The molecule has 0 radical (unpaired) electrons. The Morgan fingerprint density at radius 2 is 1.63 bits per heavy atom. The van der Waals surface area contributed by atoms with E-state index in [-0.39, 0.29) is 18.5 Å². The lowest BCUT2D eigenvalue weighted by Gasteiger charge is -2.33. The maximum Gasteiger partial charge on any atom is 0.244 e. The Labute approximate surface area is 214 Å². The van der Waals surface area contributed by atoms with E-state index >= 15 is 0 Å². The second-order valence-corrected chi connectivity index (χ2v) is 11.3. The van der Waals surface area contributed by atoms with Gasteiger partial charge < -0.3 is 10.2 Å². The van der Waals surface area contributed by atoms with Crippen LogP contribution in [0, 0.1) is 13.8 Å². The average molecular weight is 522 g/mol. The van der Waals surface area contributed by atoms with Crippen LogP contribution in [0.25, 0.3) is 0 Å². The summed E-state index contributed by atoms with van der Waals surface area (Å²) in [6.07, 6.45) is 2.18. The minimum atomic E-state index is -3.78. The third-order valence-electron chi connectivity index (χ3n) is 5.86. The molecule has 2 aromatic carbocycles. The van der Waals surface area contributed by atoms with Crippen molar-refractivity contribution in [2.45, 2.75) is 66.1 Å². The second kappa shape index (κ2) is 12.4. The highest BCUT2D eigenvalue weighted by Gasteiger charge is 2.32. The van der Waals surface area contributed by atoms with Crippen molar-refractivity contribution in [3.8, 4) is 0 Å². The monoisotopic (exact) mass is 521 g/mol. The van der Waals surface area contributed by atoms with Crippen LogP contribution in [0.4, 0.5) is 5.69 Å². The Morgan fingerprint density at radius 1 is 1.03 bits per heavy atom. The maximum atomic E-state index is 13.7. The molecule has 0 aliphatic carbocycles. The number of carbonyl (C=O) groups excluding carboxylic acids is 2. The third-order valence-corrected chi connectivity index (χ3v) is 7.37. The van der Waals surface area contributed by atoms with Gasteiger partial charge in [-0.3, -0.25) is 13.9 Å². The molecular weight excluding hydrogens is 486 g/mol. The molecule has 0 aromatic heterocycles. The SMILES string of the molecule is CC[C@@H](C)NC(=O)[C@@H](CC)N(Cc1ccccc1Cl)C(=O)CN(c1cc(C)cc(C)c1)S(C)(=O)=O. The summed E-state index contributed by atoms with van der Waals surface area (Å²) in [7, 11) is -3.78. The van der Waals surface area contributed by atoms with Gasteiger partial charge in [-0.05, 0) is 68.5 Å². The van der Waals surface area contributed by atoms with Crippen LogP contribution in [0.1, 0.15) is 50.3 Å². The number of hydrogen-bond donors (Lipinski definition) is 1. The Morgan fingerprint density at radius 3 is 2.14 bits per heavy atom. The van der Waals surface area contributed by atoms with Gasteiger partial charge >= 0.3 is 0 Å². The Bertz CT molecular complexity index is 1130. The van der Waals surface area contributed by atoms with Crippen molar-refractivity contribution in [2.24, 2.45) is 0 Å². The molecule has 0 aliphatic rings. The van der Waals surface area contributed by atoms with E-state index in [1.165, 1.54) is 4.90 Å². The predicted molar refractivity (Wildman–Crippen MR) is 142 cm³/mol. The van der Waals surface area contributed by atoms with Gasteiger partial charge in [-0.2, -0.15) is 0 Å². The highest BCUT2D eigenvalue weighted by molar-refractivity contribution is 7.92. The van der Waals surface area contributed by atoms with E-state index in [1.54, 1.807) is 30.3 Å². The van der Waals surface area contributed by atoms with Crippen molar-refractivity contribution in [3.63, 3.8) is 0 Å². The largest absolute Gasteiger partial charge is 0.352 e. The van der Waals surface area contributed by atoms with E-state index < -0.39 is 28.5 Å². The van der Waals surface area contributed by atoms with Gasteiger partial charge in [0, 0.05) is 17.6 Å². The average Bonchev–Trinajstić information content (AvgIpc) is 2.76. The maximum absolute atomic E-state index is 13.7. The summed E-state index contributed by atoms with van der Waals surface area (Å²) in [5, 5.41) is 3.42. The summed E-state index contributed by atoms with van der Waals surface area (Å²) in [5.74, 6) is -0.764. The van der Waals surface area contributed by atoms with Gasteiger partial charge in [0.1, 0.15) is 12.6 Å². The quantitative estimate of drug-likeness (QED) is 0.473. The van der Waals surface area contributed by atoms with E-state index in [9.17, 15) is 18.0 Å². The van der Waals surface area contributed by atoms with Gasteiger partial charge in [-0.15, -0.1) is 0 Å². The predicted octanol–water partition coefficient (Wildman–Crippen LogP) is 4.44. The number of aryl methyl sites for hydroxylation is 2. The zero-order chi connectivity index (χ0) is 26.3. The number of amides is 2. The number of anilines is 1. The van der Waals surface area contributed by atoms with E-state index in [0.717, 1.165) is 28.1 Å². The lowest BCUT2D eigenvalue weighted by atomic mass is 10.1. The Hall–Kier alpha value is -2.58. The van der Waals surface area contributed by atoms with Crippen molar-refractivity contribution in [2.75, 3.05) is 17.1 Å². The zero-order valence-electron chi connectivity index (χ0n) is 21.3. The zero-order valence-corrected chi connectivity index (χ0v) is 22.9. The molecule has 2 amide bonds. The fourth-order valence-electron chi connectivity index (χ4n) is 3.88. The van der Waals surface area contributed by atoms with Crippen molar-refractivity contribution in [3.05, 3.63) is 64.2 Å². The summed E-state index contributed by atoms with van der Waals surface area (Å²) in [6.45, 7) is 9.08. The summed E-state index contributed by atoms with van der Waals surface area (Å²) in [5.41, 5.74) is 2.85. The highest BCUT2D eigenvalue weighted by atomic mass is 35.5. The normalized spacial score (nSPS) is 13.1. The number of nitrogens with zero attached hydrogens (tertiary/aromatic N) is 2. The van der Waals surface area contributed by atoms with Crippen LogP contribution in [0.5, 0.6) is 0 Å². The number of nitrogens with one attached hydrogen (secondary N) is 1. The third kappa shape index (κ3) is 7.97. The number of sulfonamides is 1. The standard InChI is InChI=1S/C26H36ClN3O4S/c1-7-20(5)28-26(32)24(8-2)29(16-21-11-9-10-12-23(21)27)25(31)17-30(35(6,33)34)22-14-18(3)13-19(4)15-22/h9-15,20,24H,7-8,16-17H2,1-6H3,(H,28,32)/t20-,24-/m1/s1. The van der Waals surface area contributed by atoms with Crippen molar-refractivity contribution >= 4 is 39.1 Å². The van der Waals surface area contributed by atoms with E-state index in [4.69, 9.17) is 11.6 Å². The first-order valence-corrected chi connectivity index (χ1v) is 14.0. The van der Waals surface area contributed by atoms with Crippen LogP contribution in [0.3, 0.4) is 0 Å². The first-order chi connectivity index (χ1) is 16.4. The Balaban J connectivity index is 2.49. The summed E-state index contributed by atoms with van der Waals surface area (Å²) < 4.78 is 26.6. The van der Waals surface area contributed by atoms with Gasteiger partial charge in [-0.25, -0.2) is 8.42 Å². The van der Waals surface area contributed by atoms with Gasteiger partial charge in [0.2, 0.25) is 21.8 Å². The molecular formula is C26H36ClN3O4S. The first-order valence-electron chi connectivity index (χ1n) is 11.8. The Kier molecular flexibility index (Phi) is 10.2. The second-order valence-electron chi connectivity index (χ2n) is 8.97. The van der Waals surface area contributed by atoms with Crippen LogP contribution < -0.4 is 9.62 Å². The summed E-state index contributed by atoms with van der Waals surface area (Å²) >= 11 is 6.37. The van der Waals surface area contributed by atoms with Crippen LogP contribution in [-0.2, 0) is 26.2 Å². The number of rotatable bonds is 11. The fraction of sp³-hybridized carbons (Fsp3) is 0.462. The molecule has 7 nitrogen and oxygen atoms in total. The molecule has 0 aliphatic heterocycles. The van der Waals surface area contributed by atoms with Gasteiger partial charge in [-0.1, -0.05) is 49.7 Å². The molecule has 0 spiro atoms. The fourth-order valence-corrected chi connectivity index (χ4v) is 4.91. The van der Waals surface area contributed by atoms with Crippen LogP contribution in [-0.4, -0.2) is 50.0 Å². The van der Waals surface area contributed by atoms with Crippen molar-refractivity contribution < 1.29 is 18.0 Å². The lowest BCUT2D eigenvalue weighted by molar-refractivity contribution is -0.140. The summed E-state index contributed by atoms with van der Waals surface area (Å²) in [6, 6.07) is 11.7. The lowest BCUT2D eigenvalue weighted by Crippen LogP contribution is -2.53. The summed E-state index contributed by atoms with van der Waals surface area (Å²) in [4.78, 5) is 28.3. The van der Waals surface area contributed by atoms with E-state index in [2.05, 4.69) is 5.32 Å². The molecule has 0 saturated heterocycles. The highest BCUT2D eigenvalue weighted by Crippen LogP contribution is 2.24.